The molecule has 2 fully saturated rings. The quantitative estimate of drug-likeness (QED) is 0.750. The summed E-state index contributed by atoms with van der Waals surface area (Å²) in [5.74, 6) is 0.867. The summed E-state index contributed by atoms with van der Waals surface area (Å²) >= 11 is 0. The van der Waals surface area contributed by atoms with E-state index in [2.05, 4.69) is 12.2 Å². The van der Waals surface area contributed by atoms with Gasteiger partial charge in [-0.25, -0.2) is 0 Å². The Kier molecular flexibility index (Phi) is 4.26. The largest absolute Gasteiger partial charge is 0.377 e. The van der Waals surface area contributed by atoms with Gasteiger partial charge in [0.2, 0.25) is 0 Å². The monoisotopic (exact) mass is 225 g/mol. The average Bonchev–Trinajstić information content (AvgIpc) is 2.75. The molecular weight excluding hydrogens is 198 g/mol. The van der Waals surface area contributed by atoms with E-state index in [0.29, 0.717) is 6.04 Å². The van der Waals surface area contributed by atoms with Crippen LogP contribution in [-0.4, -0.2) is 25.3 Å². The van der Waals surface area contributed by atoms with Crippen molar-refractivity contribution in [3.8, 4) is 0 Å². The molecule has 2 aliphatic carbocycles. The number of nitrogens with one attached hydrogen (secondary N) is 1. The Morgan fingerprint density at radius 2 is 1.94 bits per heavy atom. The van der Waals surface area contributed by atoms with Crippen LogP contribution in [0.25, 0.3) is 0 Å². The number of ether oxygens (including phenoxy) is 1. The van der Waals surface area contributed by atoms with Crippen LogP contribution >= 0.6 is 0 Å². The van der Waals surface area contributed by atoms with Crippen molar-refractivity contribution in [3.05, 3.63) is 0 Å². The maximum Gasteiger partial charge on any atom is 0.0833 e. The molecule has 94 valence electrons. The zero-order valence-electron chi connectivity index (χ0n) is 10.9. The predicted octanol–water partition coefficient (Wildman–Crippen LogP) is 3.11. The Morgan fingerprint density at radius 1 is 1.25 bits per heavy atom. The molecule has 1 atom stereocenters. The Morgan fingerprint density at radius 3 is 2.38 bits per heavy atom. The molecule has 2 aliphatic rings. The highest BCUT2D eigenvalue weighted by molar-refractivity contribution is 5.03. The molecule has 0 radical (unpaired) electrons. The highest BCUT2D eigenvalue weighted by Crippen LogP contribution is 2.44. The first-order valence-electron chi connectivity index (χ1n) is 7.11. The lowest BCUT2D eigenvalue weighted by Crippen LogP contribution is -2.59. The summed E-state index contributed by atoms with van der Waals surface area (Å²) in [5, 5.41) is 3.78. The lowest BCUT2D eigenvalue weighted by molar-refractivity contribution is -0.111. The van der Waals surface area contributed by atoms with Gasteiger partial charge in [-0.1, -0.05) is 19.8 Å². The van der Waals surface area contributed by atoms with Crippen LogP contribution in [0.3, 0.4) is 0 Å². The van der Waals surface area contributed by atoms with Gasteiger partial charge in [-0.15, -0.1) is 0 Å². The second-order valence-electron chi connectivity index (χ2n) is 5.60. The fourth-order valence-corrected chi connectivity index (χ4v) is 3.54. The van der Waals surface area contributed by atoms with E-state index < -0.39 is 0 Å². The van der Waals surface area contributed by atoms with Crippen molar-refractivity contribution in [1.29, 1.82) is 0 Å². The zero-order chi connectivity index (χ0) is 11.4. The molecule has 2 heteroatoms. The van der Waals surface area contributed by atoms with Crippen LogP contribution < -0.4 is 5.32 Å². The number of hydrogen-bond donors (Lipinski definition) is 1. The third kappa shape index (κ3) is 2.28. The molecule has 2 rings (SSSR count). The average molecular weight is 225 g/mol. The summed E-state index contributed by atoms with van der Waals surface area (Å²) < 4.78 is 5.88. The summed E-state index contributed by atoms with van der Waals surface area (Å²) in [6.07, 6.45) is 10.8. The minimum atomic E-state index is 0.185. The molecule has 2 nitrogen and oxygen atoms in total. The number of methoxy groups -OCH3 is 1. The van der Waals surface area contributed by atoms with Gasteiger partial charge in [-0.05, 0) is 51.0 Å². The van der Waals surface area contributed by atoms with Gasteiger partial charge in [0.1, 0.15) is 0 Å². The topological polar surface area (TPSA) is 21.3 Å². The SMILES string of the molecule is CCCNC(C1CCCC1)C1(OC)CCC1. The van der Waals surface area contributed by atoms with Crippen LogP contribution in [0, 0.1) is 5.92 Å². The lowest BCUT2D eigenvalue weighted by Gasteiger charge is -2.49. The van der Waals surface area contributed by atoms with E-state index >= 15 is 0 Å². The summed E-state index contributed by atoms with van der Waals surface area (Å²) in [7, 11) is 1.91. The molecule has 2 saturated carbocycles. The third-order valence-electron chi connectivity index (χ3n) is 4.66. The van der Waals surface area contributed by atoms with Gasteiger partial charge in [-0.3, -0.25) is 0 Å². The number of hydrogen-bond acceptors (Lipinski definition) is 2. The minimum Gasteiger partial charge on any atom is -0.377 e. The summed E-state index contributed by atoms with van der Waals surface area (Å²) in [4.78, 5) is 0. The lowest BCUT2D eigenvalue weighted by atomic mass is 9.70. The van der Waals surface area contributed by atoms with Crippen molar-refractivity contribution < 1.29 is 4.74 Å². The molecule has 0 heterocycles. The van der Waals surface area contributed by atoms with Crippen molar-refractivity contribution >= 4 is 0 Å². The molecule has 0 aromatic heterocycles. The van der Waals surface area contributed by atoms with Crippen molar-refractivity contribution in [2.45, 2.75) is 69.9 Å². The third-order valence-corrected chi connectivity index (χ3v) is 4.66. The second-order valence-corrected chi connectivity index (χ2v) is 5.60. The Hall–Kier alpha value is -0.0800. The van der Waals surface area contributed by atoms with Gasteiger partial charge < -0.3 is 10.1 Å². The molecule has 0 aromatic carbocycles. The summed E-state index contributed by atoms with van der Waals surface area (Å²) in [6, 6.07) is 0.619. The molecule has 16 heavy (non-hydrogen) atoms. The van der Waals surface area contributed by atoms with Gasteiger partial charge in [0.05, 0.1) is 5.60 Å². The van der Waals surface area contributed by atoms with Crippen LogP contribution in [0.2, 0.25) is 0 Å². The molecule has 0 spiro atoms. The first-order chi connectivity index (χ1) is 7.82. The first-order valence-corrected chi connectivity index (χ1v) is 7.11. The summed E-state index contributed by atoms with van der Waals surface area (Å²) in [5.41, 5.74) is 0.185. The van der Waals surface area contributed by atoms with Gasteiger partial charge in [0, 0.05) is 13.2 Å². The molecule has 0 amide bonds. The molecule has 0 aromatic rings. The fourth-order valence-electron chi connectivity index (χ4n) is 3.54. The molecule has 1 unspecified atom stereocenters. The van der Waals surface area contributed by atoms with E-state index in [1.165, 1.54) is 51.4 Å². The normalized spacial score (nSPS) is 26.6. The van der Waals surface area contributed by atoms with Crippen LogP contribution in [-0.2, 0) is 4.74 Å². The first kappa shape index (κ1) is 12.4. The molecular formula is C14H27NO. The maximum absolute atomic E-state index is 5.88. The predicted molar refractivity (Wildman–Crippen MR) is 67.6 cm³/mol. The zero-order valence-corrected chi connectivity index (χ0v) is 10.9. The van der Waals surface area contributed by atoms with Crippen LogP contribution in [0.1, 0.15) is 58.3 Å². The van der Waals surface area contributed by atoms with Gasteiger partial charge in [0.25, 0.3) is 0 Å². The molecule has 1 N–H and O–H groups in total. The Balaban J connectivity index is 2.00. The fraction of sp³-hybridized carbons (Fsp3) is 1.00. The van der Waals surface area contributed by atoms with Crippen molar-refractivity contribution in [1.82, 2.24) is 5.32 Å². The van der Waals surface area contributed by atoms with Gasteiger partial charge >= 0.3 is 0 Å². The van der Waals surface area contributed by atoms with E-state index in [-0.39, 0.29) is 5.60 Å². The Labute approximate surface area is 100 Å². The van der Waals surface area contributed by atoms with E-state index in [1.807, 2.05) is 7.11 Å². The Bertz CT molecular complexity index is 201. The van der Waals surface area contributed by atoms with Gasteiger partial charge in [0.15, 0.2) is 0 Å². The van der Waals surface area contributed by atoms with Crippen LogP contribution in [0.4, 0.5) is 0 Å². The molecule has 0 aliphatic heterocycles. The van der Waals surface area contributed by atoms with E-state index in [4.69, 9.17) is 4.74 Å². The smallest absolute Gasteiger partial charge is 0.0833 e. The summed E-state index contributed by atoms with van der Waals surface area (Å²) in [6.45, 7) is 3.39. The van der Waals surface area contributed by atoms with E-state index in [0.717, 1.165) is 12.5 Å². The number of rotatable bonds is 6. The molecule has 0 bridgehead atoms. The standard InChI is InChI=1S/C14H27NO/c1-3-11-15-13(12-7-4-5-8-12)14(16-2)9-6-10-14/h12-13,15H,3-11H2,1-2H3. The van der Waals surface area contributed by atoms with Crippen LogP contribution in [0.5, 0.6) is 0 Å². The van der Waals surface area contributed by atoms with E-state index in [1.54, 1.807) is 0 Å². The van der Waals surface area contributed by atoms with Crippen molar-refractivity contribution in [2.75, 3.05) is 13.7 Å². The maximum atomic E-state index is 5.88. The van der Waals surface area contributed by atoms with Crippen molar-refractivity contribution in [3.63, 3.8) is 0 Å². The second kappa shape index (κ2) is 5.50. The minimum absolute atomic E-state index is 0.185. The van der Waals surface area contributed by atoms with Crippen molar-refractivity contribution in [2.24, 2.45) is 5.92 Å². The van der Waals surface area contributed by atoms with Crippen LogP contribution in [0.15, 0.2) is 0 Å². The van der Waals surface area contributed by atoms with E-state index in [9.17, 15) is 0 Å². The van der Waals surface area contributed by atoms with Gasteiger partial charge in [-0.2, -0.15) is 0 Å². The highest BCUT2D eigenvalue weighted by Gasteiger charge is 2.47. The molecule has 0 saturated heterocycles. The highest BCUT2D eigenvalue weighted by atomic mass is 16.5.